The lowest BCUT2D eigenvalue weighted by atomic mass is 10.2. The summed E-state index contributed by atoms with van der Waals surface area (Å²) in [4.78, 5) is 8.93. The first-order valence-electron chi connectivity index (χ1n) is 7.82. The highest BCUT2D eigenvalue weighted by Gasteiger charge is 2.10. The zero-order chi connectivity index (χ0) is 18.1. The van der Waals surface area contributed by atoms with E-state index in [0.717, 1.165) is 18.8 Å². The molecule has 0 unspecified atom stereocenters. The van der Waals surface area contributed by atoms with Gasteiger partial charge in [0.1, 0.15) is 16.5 Å². The lowest BCUT2D eigenvalue weighted by Gasteiger charge is -2.03. The van der Waals surface area contributed by atoms with Crippen LogP contribution in [0.1, 0.15) is 5.56 Å². The normalized spacial score (nSPS) is 11.4. The number of thiazole rings is 1. The third-order valence-electron chi connectivity index (χ3n) is 3.85. The van der Waals surface area contributed by atoms with Crippen molar-refractivity contribution >= 4 is 56.0 Å². The predicted molar refractivity (Wildman–Crippen MR) is 115 cm³/mol. The van der Waals surface area contributed by atoms with Gasteiger partial charge < -0.3 is 10.2 Å². The van der Waals surface area contributed by atoms with Gasteiger partial charge in [-0.2, -0.15) is 0 Å². The van der Waals surface area contributed by atoms with E-state index in [1.807, 2.05) is 48.5 Å². The van der Waals surface area contributed by atoms with E-state index < -0.39 is 0 Å². The molecule has 0 aliphatic heterocycles. The minimum Gasteiger partial charge on any atom is -0.507 e. The van der Waals surface area contributed by atoms with Crippen molar-refractivity contribution in [1.82, 2.24) is 4.98 Å². The molecule has 0 atom stereocenters. The third kappa shape index (κ3) is 3.42. The van der Waals surface area contributed by atoms with Gasteiger partial charge in [0, 0.05) is 21.4 Å². The minimum atomic E-state index is 0.130. The van der Waals surface area contributed by atoms with Crippen molar-refractivity contribution in [2.75, 3.05) is 0 Å². The number of fused-ring (bicyclic) bond motifs is 1. The molecular formula is C20H13IN2O2S. The molecule has 6 heteroatoms. The van der Waals surface area contributed by atoms with Crippen LogP contribution in [-0.4, -0.2) is 21.4 Å². The molecule has 4 rings (SSSR count). The van der Waals surface area contributed by atoms with Gasteiger partial charge in [0.2, 0.25) is 0 Å². The number of aliphatic imine (C=N–C) groups is 1. The van der Waals surface area contributed by atoms with E-state index >= 15 is 0 Å². The Balaban J connectivity index is 1.65. The van der Waals surface area contributed by atoms with E-state index in [2.05, 4.69) is 32.6 Å². The lowest BCUT2D eigenvalue weighted by Crippen LogP contribution is -1.84. The molecule has 0 spiro atoms. The average Bonchev–Trinajstić information content (AvgIpc) is 3.06. The summed E-state index contributed by atoms with van der Waals surface area (Å²) in [7, 11) is 0. The number of benzene rings is 3. The SMILES string of the molecule is Oc1ccc(I)cc1C=Nc1ccc(-c2nc3ccccc3s2)c(O)c1. The summed E-state index contributed by atoms with van der Waals surface area (Å²) < 4.78 is 2.09. The molecule has 128 valence electrons. The molecule has 0 amide bonds. The van der Waals surface area contributed by atoms with Gasteiger partial charge in [-0.15, -0.1) is 11.3 Å². The van der Waals surface area contributed by atoms with Gasteiger partial charge in [-0.1, -0.05) is 12.1 Å². The van der Waals surface area contributed by atoms with Crippen LogP contribution in [0.4, 0.5) is 5.69 Å². The number of aromatic hydroxyl groups is 2. The number of halogens is 1. The Morgan fingerprint density at radius 2 is 1.81 bits per heavy atom. The second-order valence-electron chi connectivity index (χ2n) is 5.65. The molecule has 1 heterocycles. The van der Waals surface area contributed by atoms with Crippen LogP contribution in [-0.2, 0) is 0 Å². The van der Waals surface area contributed by atoms with Crippen molar-refractivity contribution in [2.45, 2.75) is 0 Å². The molecule has 1 aromatic heterocycles. The van der Waals surface area contributed by atoms with Crippen molar-refractivity contribution in [3.8, 4) is 22.1 Å². The molecule has 0 aliphatic carbocycles. The van der Waals surface area contributed by atoms with Crippen LogP contribution in [0, 0.1) is 3.57 Å². The van der Waals surface area contributed by atoms with Gasteiger partial charge in [0.05, 0.1) is 21.5 Å². The first kappa shape index (κ1) is 17.0. The third-order valence-corrected chi connectivity index (χ3v) is 5.59. The summed E-state index contributed by atoms with van der Waals surface area (Å²) >= 11 is 3.72. The monoisotopic (exact) mass is 472 g/mol. The maximum absolute atomic E-state index is 10.4. The fourth-order valence-corrected chi connectivity index (χ4v) is 4.06. The van der Waals surface area contributed by atoms with Crippen molar-refractivity contribution in [3.63, 3.8) is 0 Å². The number of nitrogens with zero attached hydrogens (tertiary/aromatic N) is 2. The Morgan fingerprint density at radius 1 is 0.962 bits per heavy atom. The summed E-state index contributed by atoms with van der Waals surface area (Å²) in [5, 5.41) is 21.1. The van der Waals surface area contributed by atoms with Crippen molar-refractivity contribution in [2.24, 2.45) is 4.99 Å². The second kappa shape index (κ2) is 7.05. The maximum Gasteiger partial charge on any atom is 0.128 e. The van der Waals surface area contributed by atoms with Crippen LogP contribution in [0.3, 0.4) is 0 Å². The van der Waals surface area contributed by atoms with Gasteiger partial charge in [-0.05, 0) is 65.1 Å². The van der Waals surface area contributed by atoms with Gasteiger partial charge in [-0.25, -0.2) is 4.98 Å². The summed E-state index contributed by atoms with van der Waals surface area (Å²) in [6.07, 6.45) is 1.59. The Kier molecular flexibility index (Phi) is 4.60. The van der Waals surface area contributed by atoms with E-state index in [9.17, 15) is 10.2 Å². The van der Waals surface area contributed by atoms with Crippen LogP contribution < -0.4 is 0 Å². The fraction of sp³-hybridized carbons (Fsp3) is 0. The van der Waals surface area contributed by atoms with Gasteiger partial charge in [0.25, 0.3) is 0 Å². The zero-order valence-corrected chi connectivity index (χ0v) is 16.4. The minimum absolute atomic E-state index is 0.130. The fourth-order valence-electron chi connectivity index (χ4n) is 2.54. The van der Waals surface area contributed by atoms with Crippen molar-refractivity contribution < 1.29 is 10.2 Å². The highest BCUT2D eigenvalue weighted by atomic mass is 127. The topological polar surface area (TPSA) is 65.7 Å². The van der Waals surface area contributed by atoms with E-state index in [1.165, 1.54) is 0 Å². The smallest absolute Gasteiger partial charge is 0.128 e. The van der Waals surface area contributed by atoms with Gasteiger partial charge in [0.15, 0.2) is 0 Å². The molecule has 0 saturated heterocycles. The standard InChI is InChI=1S/C20H13IN2O2S/c21-13-5-8-17(24)12(9-13)11-22-14-6-7-15(18(25)10-14)20-23-16-3-1-2-4-19(16)26-20/h1-11,24-25H. The predicted octanol–water partition coefficient (Wildman–Crippen LogP) is 5.73. The zero-order valence-electron chi connectivity index (χ0n) is 13.4. The number of para-hydroxylation sites is 1. The number of hydrogen-bond acceptors (Lipinski definition) is 5. The van der Waals surface area contributed by atoms with E-state index in [1.54, 1.807) is 29.7 Å². The largest absolute Gasteiger partial charge is 0.507 e. The van der Waals surface area contributed by atoms with Crippen molar-refractivity contribution in [1.29, 1.82) is 0 Å². The molecule has 2 N–H and O–H groups in total. The first-order valence-corrected chi connectivity index (χ1v) is 9.71. The Bertz CT molecular complexity index is 1100. The first-order chi connectivity index (χ1) is 12.6. The van der Waals surface area contributed by atoms with Gasteiger partial charge in [-0.3, -0.25) is 4.99 Å². The molecule has 0 aliphatic rings. The van der Waals surface area contributed by atoms with Crippen LogP contribution >= 0.6 is 33.9 Å². The number of phenolic OH excluding ortho intramolecular Hbond substituents is 2. The summed E-state index contributed by atoms with van der Waals surface area (Å²) in [5.41, 5.74) is 2.84. The highest BCUT2D eigenvalue weighted by Crippen LogP contribution is 2.37. The molecule has 0 bridgehead atoms. The summed E-state index contributed by atoms with van der Waals surface area (Å²) in [6.45, 7) is 0. The number of rotatable bonds is 3. The molecular weight excluding hydrogens is 459 g/mol. The maximum atomic E-state index is 10.4. The second-order valence-corrected chi connectivity index (χ2v) is 7.93. The van der Waals surface area contributed by atoms with E-state index in [0.29, 0.717) is 16.8 Å². The van der Waals surface area contributed by atoms with E-state index in [-0.39, 0.29) is 11.5 Å². The van der Waals surface area contributed by atoms with Crippen molar-refractivity contribution in [3.05, 3.63) is 69.8 Å². The summed E-state index contributed by atoms with van der Waals surface area (Å²) in [5.74, 6) is 0.301. The lowest BCUT2D eigenvalue weighted by molar-refractivity contribution is 0.474. The van der Waals surface area contributed by atoms with Gasteiger partial charge >= 0.3 is 0 Å². The summed E-state index contributed by atoms with van der Waals surface area (Å²) in [6, 6.07) is 18.4. The molecule has 4 aromatic rings. The number of hydrogen-bond donors (Lipinski definition) is 2. The molecule has 0 radical (unpaired) electrons. The highest BCUT2D eigenvalue weighted by molar-refractivity contribution is 14.1. The molecule has 0 fully saturated rings. The average molecular weight is 472 g/mol. The molecule has 26 heavy (non-hydrogen) atoms. The molecule has 0 saturated carbocycles. The van der Waals surface area contributed by atoms with Crippen LogP contribution in [0.5, 0.6) is 11.5 Å². The Morgan fingerprint density at radius 3 is 2.62 bits per heavy atom. The Hall–Kier alpha value is -2.45. The molecule has 4 nitrogen and oxygen atoms in total. The quantitative estimate of drug-likeness (QED) is 0.296. The van der Waals surface area contributed by atoms with Crippen LogP contribution in [0.2, 0.25) is 0 Å². The Labute approximate surface area is 167 Å². The van der Waals surface area contributed by atoms with Crippen LogP contribution in [0.25, 0.3) is 20.8 Å². The van der Waals surface area contributed by atoms with E-state index in [4.69, 9.17) is 0 Å². The number of aromatic nitrogens is 1. The van der Waals surface area contributed by atoms with Crippen LogP contribution in [0.15, 0.2) is 65.7 Å². The number of phenols is 2. The molecule has 3 aromatic carbocycles.